The Morgan fingerprint density at radius 3 is 2.93 bits per heavy atom. The van der Waals surface area contributed by atoms with Gasteiger partial charge in [-0.15, -0.1) is 0 Å². The average molecular weight is 226 g/mol. The lowest BCUT2D eigenvalue weighted by molar-refractivity contribution is 0.408. The van der Waals surface area contributed by atoms with Gasteiger partial charge in [-0.25, -0.2) is 0 Å². The second-order valence-corrected chi connectivity index (χ2v) is 4.40. The summed E-state index contributed by atoms with van der Waals surface area (Å²) in [6, 6.07) is 3.87. The first kappa shape index (κ1) is 10.8. The molecule has 3 heteroatoms. The van der Waals surface area contributed by atoms with Gasteiger partial charge in [0, 0.05) is 16.6 Å². The van der Waals surface area contributed by atoms with E-state index in [4.69, 9.17) is 22.1 Å². The Morgan fingerprint density at radius 2 is 2.20 bits per heavy atom. The van der Waals surface area contributed by atoms with E-state index in [2.05, 4.69) is 0 Å². The van der Waals surface area contributed by atoms with Crippen molar-refractivity contribution in [3.8, 4) is 5.75 Å². The molecule has 0 aliphatic heterocycles. The Balaban J connectivity index is 2.55. The van der Waals surface area contributed by atoms with Gasteiger partial charge in [-0.3, -0.25) is 0 Å². The zero-order chi connectivity index (χ0) is 10.8. The standard InChI is InChI=1S/C12H16ClNO/c1-15-11-7-6-9(13)12-8(11)4-2-3-5-10(12)14/h6-7,10H,2-5,14H2,1H3/t10-/m1/s1. The first-order valence-electron chi connectivity index (χ1n) is 5.35. The van der Waals surface area contributed by atoms with Gasteiger partial charge < -0.3 is 10.5 Å². The third kappa shape index (κ3) is 1.97. The van der Waals surface area contributed by atoms with Gasteiger partial charge in [0.05, 0.1) is 7.11 Å². The van der Waals surface area contributed by atoms with Crippen molar-refractivity contribution in [2.45, 2.75) is 31.7 Å². The summed E-state index contributed by atoms with van der Waals surface area (Å²) in [4.78, 5) is 0. The van der Waals surface area contributed by atoms with Crippen LogP contribution in [0, 0.1) is 0 Å². The lowest BCUT2D eigenvalue weighted by Crippen LogP contribution is -2.11. The molecule has 1 aliphatic rings. The van der Waals surface area contributed by atoms with Crippen molar-refractivity contribution in [1.29, 1.82) is 0 Å². The van der Waals surface area contributed by atoms with E-state index < -0.39 is 0 Å². The highest BCUT2D eigenvalue weighted by Crippen LogP contribution is 2.37. The Morgan fingerprint density at radius 1 is 1.40 bits per heavy atom. The summed E-state index contributed by atoms with van der Waals surface area (Å²) in [6.45, 7) is 0. The highest BCUT2D eigenvalue weighted by molar-refractivity contribution is 6.31. The number of halogens is 1. The van der Waals surface area contributed by atoms with Gasteiger partial charge in [0.2, 0.25) is 0 Å². The molecule has 0 saturated carbocycles. The largest absolute Gasteiger partial charge is 0.496 e. The van der Waals surface area contributed by atoms with Gasteiger partial charge in [-0.05, 0) is 37.0 Å². The lowest BCUT2D eigenvalue weighted by atomic mass is 9.99. The van der Waals surface area contributed by atoms with Crippen LogP contribution in [0.25, 0.3) is 0 Å². The minimum absolute atomic E-state index is 0.0603. The van der Waals surface area contributed by atoms with Crippen molar-refractivity contribution in [3.05, 3.63) is 28.3 Å². The average Bonchev–Trinajstić information content (AvgIpc) is 2.42. The first-order chi connectivity index (χ1) is 7.24. The van der Waals surface area contributed by atoms with Gasteiger partial charge in [-0.2, -0.15) is 0 Å². The minimum Gasteiger partial charge on any atom is -0.496 e. The molecule has 1 aromatic carbocycles. The van der Waals surface area contributed by atoms with E-state index in [0.717, 1.165) is 42.0 Å². The van der Waals surface area contributed by atoms with Crippen LogP contribution in [0.15, 0.2) is 12.1 Å². The van der Waals surface area contributed by atoms with Crippen molar-refractivity contribution in [1.82, 2.24) is 0 Å². The second kappa shape index (κ2) is 4.42. The van der Waals surface area contributed by atoms with Gasteiger partial charge in [-0.1, -0.05) is 18.0 Å². The summed E-state index contributed by atoms with van der Waals surface area (Å²) in [6.07, 6.45) is 4.36. The Labute approximate surface area is 95.4 Å². The minimum atomic E-state index is 0.0603. The summed E-state index contributed by atoms with van der Waals surface area (Å²) in [7, 11) is 1.69. The molecular weight excluding hydrogens is 210 g/mol. The van der Waals surface area contributed by atoms with E-state index in [0.29, 0.717) is 0 Å². The van der Waals surface area contributed by atoms with E-state index in [1.54, 1.807) is 7.11 Å². The summed E-state index contributed by atoms with van der Waals surface area (Å²) in [5.74, 6) is 0.923. The SMILES string of the molecule is COc1ccc(Cl)c2c1CCCC[C@H]2N. The molecule has 0 heterocycles. The van der Waals surface area contributed by atoms with Crippen LogP contribution in [0.5, 0.6) is 5.75 Å². The van der Waals surface area contributed by atoms with Crippen LogP contribution in [0.2, 0.25) is 5.02 Å². The molecule has 0 radical (unpaired) electrons. The van der Waals surface area contributed by atoms with Crippen LogP contribution < -0.4 is 10.5 Å². The summed E-state index contributed by atoms with van der Waals surface area (Å²) in [5, 5.41) is 0.778. The molecule has 0 aromatic heterocycles. The summed E-state index contributed by atoms with van der Waals surface area (Å²) >= 11 is 6.20. The maximum absolute atomic E-state index is 6.20. The fraction of sp³-hybridized carbons (Fsp3) is 0.500. The van der Waals surface area contributed by atoms with Crippen LogP contribution in [0.3, 0.4) is 0 Å². The fourth-order valence-corrected chi connectivity index (χ4v) is 2.59. The summed E-state index contributed by atoms with van der Waals surface area (Å²) in [5.41, 5.74) is 8.43. The molecular formula is C12H16ClNO. The molecule has 1 aromatic rings. The summed E-state index contributed by atoms with van der Waals surface area (Å²) < 4.78 is 5.36. The maximum atomic E-state index is 6.20. The quantitative estimate of drug-likeness (QED) is 0.746. The first-order valence-corrected chi connectivity index (χ1v) is 5.72. The van der Waals surface area contributed by atoms with E-state index in [-0.39, 0.29) is 6.04 Å². The Hall–Kier alpha value is -0.730. The highest BCUT2D eigenvalue weighted by atomic mass is 35.5. The van der Waals surface area contributed by atoms with Crippen LogP contribution in [-0.4, -0.2) is 7.11 Å². The van der Waals surface area contributed by atoms with Crippen molar-refractivity contribution in [2.24, 2.45) is 5.73 Å². The molecule has 1 atom stereocenters. The number of hydrogen-bond donors (Lipinski definition) is 1. The smallest absolute Gasteiger partial charge is 0.122 e. The number of fused-ring (bicyclic) bond motifs is 1. The molecule has 1 aliphatic carbocycles. The molecule has 0 bridgehead atoms. The molecule has 82 valence electrons. The maximum Gasteiger partial charge on any atom is 0.122 e. The molecule has 0 saturated heterocycles. The molecule has 2 rings (SSSR count). The van der Waals surface area contributed by atoms with Crippen molar-refractivity contribution in [3.63, 3.8) is 0 Å². The predicted molar refractivity (Wildman–Crippen MR) is 62.5 cm³/mol. The molecule has 0 unspecified atom stereocenters. The van der Waals surface area contributed by atoms with Gasteiger partial charge >= 0.3 is 0 Å². The topological polar surface area (TPSA) is 35.2 Å². The number of rotatable bonds is 1. The van der Waals surface area contributed by atoms with E-state index in [1.807, 2.05) is 12.1 Å². The third-order valence-electron chi connectivity index (χ3n) is 3.04. The number of benzene rings is 1. The van der Waals surface area contributed by atoms with Crippen LogP contribution in [0.1, 0.15) is 36.4 Å². The highest BCUT2D eigenvalue weighted by Gasteiger charge is 2.21. The van der Waals surface area contributed by atoms with Crippen LogP contribution in [0.4, 0.5) is 0 Å². The molecule has 2 N–H and O–H groups in total. The lowest BCUT2D eigenvalue weighted by Gasteiger charge is -2.17. The zero-order valence-corrected chi connectivity index (χ0v) is 9.68. The Kier molecular flexibility index (Phi) is 3.17. The predicted octanol–water partition coefficient (Wildman–Crippen LogP) is 3.07. The molecule has 0 amide bonds. The van der Waals surface area contributed by atoms with Gasteiger partial charge in [0.25, 0.3) is 0 Å². The van der Waals surface area contributed by atoms with Gasteiger partial charge in [0.1, 0.15) is 5.75 Å². The van der Waals surface area contributed by atoms with E-state index in [9.17, 15) is 0 Å². The Bertz CT molecular complexity index is 365. The van der Waals surface area contributed by atoms with Crippen LogP contribution in [-0.2, 0) is 6.42 Å². The molecule has 0 fully saturated rings. The number of methoxy groups -OCH3 is 1. The van der Waals surface area contributed by atoms with Crippen molar-refractivity contribution < 1.29 is 4.74 Å². The fourth-order valence-electron chi connectivity index (χ4n) is 2.28. The number of ether oxygens (including phenoxy) is 1. The molecule has 0 spiro atoms. The van der Waals surface area contributed by atoms with Crippen molar-refractivity contribution >= 4 is 11.6 Å². The van der Waals surface area contributed by atoms with E-state index >= 15 is 0 Å². The van der Waals surface area contributed by atoms with Crippen LogP contribution >= 0.6 is 11.6 Å². The second-order valence-electron chi connectivity index (χ2n) is 3.99. The zero-order valence-electron chi connectivity index (χ0n) is 8.92. The molecule has 2 nitrogen and oxygen atoms in total. The van der Waals surface area contributed by atoms with Crippen molar-refractivity contribution in [2.75, 3.05) is 7.11 Å². The number of nitrogens with two attached hydrogens (primary N) is 1. The molecule has 15 heavy (non-hydrogen) atoms. The number of hydrogen-bond acceptors (Lipinski definition) is 2. The third-order valence-corrected chi connectivity index (χ3v) is 3.37. The monoisotopic (exact) mass is 225 g/mol. The van der Waals surface area contributed by atoms with Gasteiger partial charge in [0.15, 0.2) is 0 Å². The van der Waals surface area contributed by atoms with E-state index in [1.165, 1.54) is 5.56 Å². The normalized spacial score (nSPS) is 20.6.